The van der Waals surface area contributed by atoms with Gasteiger partial charge in [0.05, 0.1) is 24.9 Å². The van der Waals surface area contributed by atoms with Gasteiger partial charge in [0.25, 0.3) is 0 Å². The first-order valence-electron chi connectivity index (χ1n) is 10.9. The summed E-state index contributed by atoms with van der Waals surface area (Å²) in [6.45, 7) is 7.49. The number of nitrogens with one attached hydrogen (secondary N) is 1. The molecule has 1 aromatic carbocycles. The van der Waals surface area contributed by atoms with E-state index in [9.17, 15) is 0 Å². The predicted molar refractivity (Wildman–Crippen MR) is 129 cm³/mol. The van der Waals surface area contributed by atoms with Crippen LogP contribution in [0.15, 0.2) is 54.7 Å². The quantitative estimate of drug-likeness (QED) is 0.513. The lowest BCUT2D eigenvalue weighted by Crippen LogP contribution is -2.30. The lowest BCUT2D eigenvalue weighted by molar-refractivity contribution is 0.312. The maximum absolute atomic E-state index is 5.78. The number of hydrogen-bond donors (Lipinski definition) is 1. The Labute approximate surface area is 190 Å². The standard InChI is InChI=1S/C25H30N4OS/c1-5-6-14-28-24(23(27-25(28)31)22-12-7-8-13-26-22)21-15-17(2)29(18(21)3)19-10-9-11-20(16-19)30-4/h7-13,15-16,23-24H,5-6,14H2,1-4H3,(H,27,31)/t23-,24+/m0/s1. The van der Waals surface area contributed by atoms with Crippen LogP contribution < -0.4 is 10.1 Å². The van der Waals surface area contributed by atoms with Gasteiger partial charge in [0.2, 0.25) is 0 Å². The summed E-state index contributed by atoms with van der Waals surface area (Å²) in [5.41, 5.74) is 5.79. The van der Waals surface area contributed by atoms with E-state index in [0.29, 0.717) is 0 Å². The minimum absolute atomic E-state index is 0.0183. The SMILES string of the molecule is CCCCN1C(=S)N[C@@H](c2ccccn2)[C@H]1c1cc(C)n(-c2cccc(OC)c2)c1C. The number of benzene rings is 1. The van der Waals surface area contributed by atoms with Gasteiger partial charge in [-0.05, 0) is 68.4 Å². The molecule has 31 heavy (non-hydrogen) atoms. The topological polar surface area (TPSA) is 42.3 Å². The van der Waals surface area contributed by atoms with E-state index in [1.807, 2.05) is 30.5 Å². The van der Waals surface area contributed by atoms with Gasteiger partial charge >= 0.3 is 0 Å². The molecule has 3 heterocycles. The van der Waals surface area contributed by atoms with Gasteiger partial charge in [-0.3, -0.25) is 4.98 Å². The van der Waals surface area contributed by atoms with Gasteiger partial charge in [0.15, 0.2) is 5.11 Å². The van der Waals surface area contributed by atoms with Gasteiger partial charge in [-0.1, -0.05) is 25.5 Å². The smallest absolute Gasteiger partial charge is 0.170 e. The fraction of sp³-hybridized carbons (Fsp3) is 0.360. The molecule has 0 aliphatic carbocycles. The largest absolute Gasteiger partial charge is 0.497 e. The van der Waals surface area contributed by atoms with Crippen molar-refractivity contribution in [1.29, 1.82) is 0 Å². The molecule has 0 bridgehead atoms. The normalized spacial score (nSPS) is 18.3. The highest BCUT2D eigenvalue weighted by Gasteiger charge is 2.41. The highest BCUT2D eigenvalue weighted by molar-refractivity contribution is 7.80. The molecule has 2 aromatic heterocycles. The first kappa shape index (κ1) is 21.4. The van der Waals surface area contributed by atoms with Crippen LogP contribution in [0.25, 0.3) is 5.69 Å². The van der Waals surface area contributed by atoms with Crippen LogP contribution in [-0.4, -0.2) is 33.2 Å². The highest BCUT2D eigenvalue weighted by atomic mass is 32.1. The second-order valence-corrected chi connectivity index (χ2v) is 8.42. The second-order valence-electron chi connectivity index (χ2n) is 8.04. The van der Waals surface area contributed by atoms with E-state index >= 15 is 0 Å². The van der Waals surface area contributed by atoms with Gasteiger partial charge in [-0.2, -0.15) is 0 Å². The summed E-state index contributed by atoms with van der Waals surface area (Å²) in [6.07, 6.45) is 4.08. The first-order chi connectivity index (χ1) is 15.0. The monoisotopic (exact) mass is 434 g/mol. The molecule has 0 unspecified atom stereocenters. The Morgan fingerprint density at radius 2 is 1.97 bits per heavy atom. The van der Waals surface area contributed by atoms with Crippen molar-refractivity contribution in [1.82, 2.24) is 19.8 Å². The van der Waals surface area contributed by atoms with Gasteiger partial charge in [-0.25, -0.2) is 0 Å². The van der Waals surface area contributed by atoms with Crippen LogP contribution in [0, 0.1) is 13.8 Å². The molecule has 1 saturated heterocycles. The molecule has 2 atom stereocenters. The highest BCUT2D eigenvalue weighted by Crippen LogP contribution is 2.41. The molecule has 162 valence electrons. The molecule has 0 saturated carbocycles. The van der Waals surface area contributed by atoms with Crippen LogP contribution in [0.2, 0.25) is 0 Å². The van der Waals surface area contributed by atoms with Crippen LogP contribution in [-0.2, 0) is 0 Å². The maximum Gasteiger partial charge on any atom is 0.170 e. The summed E-state index contributed by atoms with van der Waals surface area (Å²) >= 11 is 5.78. The number of ether oxygens (including phenoxy) is 1. The van der Waals surface area contributed by atoms with Gasteiger partial charge in [0.1, 0.15) is 5.75 Å². The van der Waals surface area contributed by atoms with E-state index in [2.05, 4.69) is 64.8 Å². The summed E-state index contributed by atoms with van der Waals surface area (Å²) in [7, 11) is 1.70. The van der Waals surface area contributed by atoms with Crippen LogP contribution in [0.4, 0.5) is 0 Å². The fourth-order valence-electron chi connectivity index (χ4n) is 4.55. The van der Waals surface area contributed by atoms with Gasteiger partial charge < -0.3 is 19.5 Å². The van der Waals surface area contributed by atoms with Crippen molar-refractivity contribution in [2.24, 2.45) is 0 Å². The van der Waals surface area contributed by atoms with Crippen LogP contribution in [0.3, 0.4) is 0 Å². The fourth-order valence-corrected chi connectivity index (χ4v) is 4.88. The first-order valence-corrected chi connectivity index (χ1v) is 11.3. The van der Waals surface area contributed by atoms with Crippen molar-refractivity contribution in [3.63, 3.8) is 0 Å². The second kappa shape index (κ2) is 9.10. The van der Waals surface area contributed by atoms with E-state index in [1.165, 1.54) is 17.0 Å². The Kier molecular flexibility index (Phi) is 6.28. The number of unbranched alkanes of at least 4 members (excludes halogenated alkanes) is 1. The van der Waals surface area contributed by atoms with Crippen molar-refractivity contribution in [3.8, 4) is 11.4 Å². The summed E-state index contributed by atoms with van der Waals surface area (Å²) in [4.78, 5) is 7.00. The van der Waals surface area contributed by atoms with Crippen molar-refractivity contribution in [3.05, 3.63) is 77.4 Å². The summed E-state index contributed by atoms with van der Waals surface area (Å²) in [6, 6.07) is 16.7. The Balaban J connectivity index is 1.81. The molecule has 5 nitrogen and oxygen atoms in total. The van der Waals surface area contributed by atoms with Crippen LogP contribution in [0.1, 0.15) is 54.5 Å². The Hall–Kier alpha value is -2.86. The minimum atomic E-state index is 0.0183. The number of aryl methyl sites for hydroxylation is 1. The van der Waals surface area contributed by atoms with Crippen LogP contribution >= 0.6 is 12.2 Å². The van der Waals surface area contributed by atoms with Crippen molar-refractivity contribution < 1.29 is 4.74 Å². The number of pyridine rings is 1. The molecule has 4 rings (SSSR count). The zero-order valence-electron chi connectivity index (χ0n) is 18.6. The summed E-state index contributed by atoms with van der Waals surface area (Å²) < 4.78 is 7.75. The molecule has 1 aliphatic heterocycles. The Bertz CT molecular complexity index is 1060. The maximum atomic E-state index is 5.78. The molecule has 0 spiro atoms. The van der Waals surface area contributed by atoms with Gasteiger partial charge in [-0.15, -0.1) is 0 Å². The van der Waals surface area contributed by atoms with Gasteiger partial charge in [0, 0.05) is 35.9 Å². The zero-order valence-corrected chi connectivity index (χ0v) is 19.4. The van der Waals surface area contributed by atoms with Crippen LogP contribution in [0.5, 0.6) is 5.75 Å². The molecule has 0 amide bonds. The number of rotatable bonds is 7. The number of nitrogens with zero attached hydrogens (tertiary/aromatic N) is 3. The third-order valence-electron chi connectivity index (χ3n) is 6.05. The Morgan fingerprint density at radius 1 is 1.13 bits per heavy atom. The van der Waals surface area contributed by atoms with Crippen molar-refractivity contribution >= 4 is 17.3 Å². The molecule has 0 radical (unpaired) electrons. The zero-order chi connectivity index (χ0) is 22.0. The van der Waals surface area contributed by atoms with E-state index in [0.717, 1.165) is 41.6 Å². The third-order valence-corrected chi connectivity index (χ3v) is 6.40. The van der Waals surface area contributed by atoms with E-state index in [4.69, 9.17) is 17.0 Å². The van der Waals surface area contributed by atoms with E-state index < -0.39 is 0 Å². The average molecular weight is 435 g/mol. The number of aromatic nitrogens is 2. The molecule has 3 aromatic rings. The lowest BCUT2D eigenvalue weighted by Gasteiger charge is -2.28. The predicted octanol–water partition coefficient (Wildman–Crippen LogP) is 5.27. The Morgan fingerprint density at radius 3 is 2.68 bits per heavy atom. The molecule has 6 heteroatoms. The molecule has 1 aliphatic rings. The van der Waals surface area contributed by atoms with Crippen molar-refractivity contribution in [2.75, 3.05) is 13.7 Å². The molecule has 1 fully saturated rings. The number of thiocarbonyl (C=S) groups is 1. The lowest BCUT2D eigenvalue weighted by atomic mass is 9.96. The van der Waals surface area contributed by atoms with E-state index in [-0.39, 0.29) is 12.1 Å². The third kappa shape index (κ3) is 4.04. The molecule has 1 N–H and O–H groups in total. The summed E-state index contributed by atoms with van der Waals surface area (Å²) in [5.74, 6) is 0.853. The number of hydrogen-bond acceptors (Lipinski definition) is 3. The molecular weight excluding hydrogens is 404 g/mol. The molecular formula is C25H30N4OS. The number of methoxy groups -OCH3 is 1. The summed E-state index contributed by atoms with van der Waals surface area (Å²) in [5, 5.41) is 4.36. The average Bonchev–Trinajstić information content (AvgIpc) is 3.27. The van der Waals surface area contributed by atoms with E-state index in [1.54, 1.807) is 7.11 Å². The minimum Gasteiger partial charge on any atom is -0.497 e. The van der Waals surface area contributed by atoms with Crippen molar-refractivity contribution in [2.45, 2.75) is 45.7 Å².